The molecule has 0 spiro atoms. The van der Waals surface area contributed by atoms with Crippen molar-refractivity contribution < 1.29 is 28.3 Å². The van der Waals surface area contributed by atoms with Crippen LogP contribution in [0.5, 0.6) is 5.75 Å². The van der Waals surface area contributed by atoms with E-state index in [1.165, 1.54) is 28.6 Å². The van der Waals surface area contributed by atoms with Gasteiger partial charge in [0.25, 0.3) is 5.91 Å². The quantitative estimate of drug-likeness (QED) is 0.456. The molecule has 0 fully saturated rings. The summed E-state index contributed by atoms with van der Waals surface area (Å²) in [5.41, 5.74) is 0.541. The van der Waals surface area contributed by atoms with Gasteiger partial charge in [-0.25, -0.2) is 4.98 Å². The van der Waals surface area contributed by atoms with E-state index in [0.29, 0.717) is 27.9 Å². The summed E-state index contributed by atoms with van der Waals surface area (Å²) >= 11 is 1.25. The number of thiazole rings is 1. The molecule has 3 aromatic heterocycles. The second kappa shape index (κ2) is 7.13. The Hall–Kier alpha value is -3.85. The molecule has 1 aliphatic rings. The number of amides is 1. The number of ether oxygens (including phenoxy) is 1. The van der Waals surface area contributed by atoms with Gasteiger partial charge in [0.2, 0.25) is 5.78 Å². The molecular formula is C22H16N2O6S. The zero-order chi connectivity index (χ0) is 21.7. The summed E-state index contributed by atoms with van der Waals surface area (Å²) in [6.45, 7) is 1.76. The van der Waals surface area contributed by atoms with E-state index in [-0.39, 0.29) is 11.3 Å². The van der Waals surface area contributed by atoms with Crippen LogP contribution in [0.25, 0.3) is 10.2 Å². The number of rotatable bonds is 5. The first-order valence-corrected chi connectivity index (χ1v) is 10.2. The molecule has 0 unspecified atom stereocenters. The number of fused-ring (bicyclic) bond motifs is 1. The maximum atomic E-state index is 13.1. The van der Waals surface area contributed by atoms with Crippen LogP contribution in [0.15, 0.2) is 68.9 Å². The van der Waals surface area contributed by atoms with E-state index in [1.807, 2.05) is 6.07 Å². The first kappa shape index (κ1) is 19.1. The van der Waals surface area contributed by atoms with Gasteiger partial charge in [-0.05, 0) is 49.4 Å². The van der Waals surface area contributed by atoms with Crippen molar-refractivity contribution in [2.75, 3.05) is 12.0 Å². The van der Waals surface area contributed by atoms with Gasteiger partial charge < -0.3 is 18.7 Å². The number of aliphatic hydroxyl groups excluding tert-OH is 1. The molecule has 1 amide bonds. The molecule has 9 heteroatoms. The van der Waals surface area contributed by atoms with Crippen LogP contribution in [-0.4, -0.2) is 28.9 Å². The third-order valence-electron chi connectivity index (χ3n) is 5.02. The summed E-state index contributed by atoms with van der Waals surface area (Å²) in [7, 11) is 1.57. The lowest BCUT2D eigenvalue weighted by Gasteiger charge is -2.21. The Bertz CT molecular complexity index is 1350. The average molecular weight is 436 g/mol. The van der Waals surface area contributed by atoms with Crippen molar-refractivity contribution in [1.82, 2.24) is 4.98 Å². The van der Waals surface area contributed by atoms with Gasteiger partial charge in [-0.15, -0.1) is 0 Å². The molecule has 8 nitrogen and oxygen atoms in total. The van der Waals surface area contributed by atoms with Crippen LogP contribution in [0, 0.1) is 6.92 Å². The maximum absolute atomic E-state index is 13.1. The number of aromatic nitrogens is 1. The summed E-state index contributed by atoms with van der Waals surface area (Å²) in [5.74, 6) is -0.381. The van der Waals surface area contributed by atoms with Gasteiger partial charge in [0, 0.05) is 0 Å². The van der Waals surface area contributed by atoms with Crippen molar-refractivity contribution >= 4 is 38.4 Å². The number of benzene rings is 1. The van der Waals surface area contributed by atoms with Crippen LogP contribution in [0.3, 0.4) is 0 Å². The fourth-order valence-electron chi connectivity index (χ4n) is 3.57. The molecule has 4 aromatic rings. The van der Waals surface area contributed by atoms with E-state index < -0.39 is 23.5 Å². The Kier molecular flexibility index (Phi) is 4.40. The number of anilines is 1. The fourth-order valence-corrected chi connectivity index (χ4v) is 4.59. The third-order valence-corrected chi connectivity index (χ3v) is 6.04. The Labute approximate surface area is 180 Å². The lowest BCUT2D eigenvalue weighted by atomic mass is 10.00. The van der Waals surface area contributed by atoms with Crippen molar-refractivity contribution in [3.63, 3.8) is 0 Å². The first-order chi connectivity index (χ1) is 15.0. The molecule has 0 saturated heterocycles. The van der Waals surface area contributed by atoms with Crippen LogP contribution in [-0.2, 0) is 4.79 Å². The number of furan rings is 2. The molecular weight excluding hydrogens is 420 g/mol. The second-order valence-corrected chi connectivity index (χ2v) is 7.93. The lowest BCUT2D eigenvalue weighted by molar-refractivity contribution is -0.117. The highest BCUT2D eigenvalue weighted by molar-refractivity contribution is 7.22. The minimum Gasteiger partial charge on any atom is -0.503 e. The second-order valence-electron chi connectivity index (χ2n) is 6.92. The van der Waals surface area contributed by atoms with E-state index in [2.05, 4.69) is 4.98 Å². The van der Waals surface area contributed by atoms with E-state index >= 15 is 0 Å². The largest absolute Gasteiger partial charge is 0.503 e. The highest BCUT2D eigenvalue weighted by Gasteiger charge is 2.48. The van der Waals surface area contributed by atoms with E-state index in [9.17, 15) is 14.7 Å². The number of aryl methyl sites for hydroxylation is 1. The predicted molar refractivity (Wildman–Crippen MR) is 113 cm³/mol. The third kappa shape index (κ3) is 3.01. The predicted octanol–water partition coefficient (Wildman–Crippen LogP) is 4.58. The van der Waals surface area contributed by atoms with Gasteiger partial charge in [0.15, 0.2) is 16.7 Å². The van der Waals surface area contributed by atoms with Crippen molar-refractivity contribution in [1.29, 1.82) is 0 Å². The summed E-state index contributed by atoms with van der Waals surface area (Å²) in [5, 5.41) is 11.0. The van der Waals surface area contributed by atoms with Crippen LogP contribution in [0.1, 0.15) is 28.1 Å². The fraction of sp³-hybridized carbons (Fsp3) is 0.136. The molecule has 31 heavy (non-hydrogen) atoms. The van der Waals surface area contributed by atoms with Crippen LogP contribution < -0.4 is 9.64 Å². The zero-order valence-electron chi connectivity index (χ0n) is 16.5. The highest BCUT2D eigenvalue weighted by atomic mass is 32.1. The Morgan fingerprint density at radius 2 is 2.10 bits per heavy atom. The molecule has 0 saturated carbocycles. The number of hydrogen-bond acceptors (Lipinski definition) is 8. The Morgan fingerprint density at radius 3 is 2.77 bits per heavy atom. The maximum Gasteiger partial charge on any atom is 0.296 e. The summed E-state index contributed by atoms with van der Waals surface area (Å²) < 4.78 is 17.0. The van der Waals surface area contributed by atoms with Gasteiger partial charge in [-0.1, -0.05) is 11.3 Å². The Balaban J connectivity index is 1.66. The van der Waals surface area contributed by atoms with E-state index in [4.69, 9.17) is 13.6 Å². The van der Waals surface area contributed by atoms with Crippen LogP contribution in [0.2, 0.25) is 0 Å². The lowest BCUT2D eigenvalue weighted by Crippen LogP contribution is -2.30. The molecule has 1 atom stereocenters. The summed E-state index contributed by atoms with van der Waals surface area (Å²) in [6, 6.07) is 10.8. The summed E-state index contributed by atoms with van der Waals surface area (Å²) in [6.07, 6.45) is 1.35. The first-order valence-electron chi connectivity index (χ1n) is 9.33. The van der Waals surface area contributed by atoms with Gasteiger partial charge in [0.1, 0.15) is 23.3 Å². The smallest absolute Gasteiger partial charge is 0.296 e. The van der Waals surface area contributed by atoms with Crippen molar-refractivity contribution in [2.24, 2.45) is 0 Å². The highest BCUT2D eigenvalue weighted by Crippen LogP contribution is 2.44. The molecule has 5 rings (SSSR count). The van der Waals surface area contributed by atoms with E-state index in [0.717, 1.165) is 4.70 Å². The van der Waals surface area contributed by atoms with Gasteiger partial charge in [0.05, 0.1) is 29.2 Å². The molecule has 1 aliphatic heterocycles. The number of carbonyl (C=O) groups excluding carboxylic acids is 2. The van der Waals surface area contributed by atoms with Crippen LogP contribution >= 0.6 is 11.3 Å². The minimum absolute atomic E-state index is 0.0125. The molecule has 1 aromatic carbocycles. The van der Waals surface area contributed by atoms with Crippen LogP contribution in [0.4, 0.5) is 5.13 Å². The zero-order valence-corrected chi connectivity index (χ0v) is 17.3. The van der Waals surface area contributed by atoms with Gasteiger partial charge >= 0.3 is 0 Å². The number of aliphatic hydroxyl groups is 1. The SMILES string of the molecule is COc1ccc2nc(N3C(=O)C(O)=C(C(=O)c4ccco4)[C@H]3c3ccc(C)o3)sc2c1. The van der Waals surface area contributed by atoms with Crippen molar-refractivity contribution in [2.45, 2.75) is 13.0 Å². The number of carbonyl (C=O) groups is 2. The number of methoxy groups -OCH3 is 1. The standard InChI is InChI=1S/C22H16N2O6S/c1-11-5-8-14(30-11)18-17(19(25)15-4-3-9-29-15)20(26)21(27)24(18)22-23-13-7-6-12(28-2)10-16(13)31-22/h3-10,18,26H,1-2H3/t18-/m1/s1. The monoisotopic (exact) mass is 436 g/mol. The number of nitrogens with zero attached hydrogens (tertiary/aromatic N) is 2. The molecule has 0 radical (unpaired) electrons. The molecule has 156 valence electrons. The van der Waals surface area contributed by atoms with Gasteiger partial charge in [-0.3, -0.25) is 14.5 Å². The van der Waals surface area contributed by atoms with E-state index in [1.54, 1.807) is 44.4 Å². The topological polar surface area (TPSA) is 106 Å². The molecule has 0 bridgehead atoms. The Morgan fingerprint density at radius 1 is 1.26 bits per heavy atom. The van der Waals surface area contributed by atoms with Crippen molar-refractivity contribution in [3.8, 4) is 5.75 Å². The number of ketones is 1. The number of Topliss-reactive ketones (excluding diaryl/α,β-unsaturated/α-hetero) is 1. The summed E-state index contributed by atoms with van der Waals surface area (Å²) in [4.78, 5) is 32.1. The van der Waals surface area contributed by atoms with Crippen molar-refractivity contribution in [3.05, 3.63) is 77.3 Å². The normalized spacial score (nSPS) is 16.5. The molecule has 1 N–H and O–H groups in total. The van der Waals surface area contributed by atoms with Gasteiger partial charge in [-0.2, -0.15) is 0 Å². The molecule has 0 aliphatic carbocycles. The average Bonchev–Trinajstić information content (AvgIpc) is 3.54. The molecule has 4 heterocycles. The number of hydrogen-bond donors (Lipinski definition) is 1. The minimum atomic E-state index is -0.985.